The molecule has 6 heteroatoms. The Morgan fingerprint density at radius 2 is 1.82 bits per heavy atom. The fourth-order valence-electron chi connectivity index (χ4n) is 2.00. The minimum atomic E-state index is -3.82. The van der Waals surface area contributed by atoms with E-state index in [1.807, 2.05) is 6.07 Å². The zero-order chi connectivity index (χ0) is 16.4. The highest BCUT2D eigenvalue weighted by atomic mass is 32.2. The number of sulfonamides is 1. The highest BCUT2D eigenvalue weighted by Crippen LogP contribution is 2.20. The Morgan fingerprint density at radius 1 is 1.18 bits per heavy atom. The van der Waals surface area contributed by atoms with Crippen molar-refractivity contribution in [2.24, 2.45) is 0 Å². The first-order valence-electron chi connectivity index (χ1n) is 6.76. The molecule has 118 valence electrons. The number of aliphatic hydroxyl groups is 1. The van der Waals surface area contributed by atoms with Crippen molar-refractivity contribution in [3.63, 3.8) is 0 Å². The second-order valence-electron chi connectivity index (χ2n) is 5.38. The Kier molecular flexibility index (Phi) is 4.65. The van der Waals surface area contributed by atoms with Crippen molar-refractivity contribution >= 4 is 10.0 Å². The molecule has 0 aromatic heterocycles. The van der Waals surface area contributed by atoms with Crippen LogP contribution in [0.1, 0.15) is 18.1 Å². The van der Waals surface area contributed by atoms with E-state index >= 15 is 0 Å². The SMILES string of the molecule is Cc1cc(S(=O)(=O)NCC(C)(O)c2ccccc2)ccc1F. The second-order valence-corrected chi connectivity index (χ2v) is 7.14. The highest BCUT2D eigenvalue weighted by Gasteiger charge is 2.26. The van der Waals surface area contributed by atoms with Crippen molar-refractivity contribution in [2.75, 3.05) is 6.54 Å². The Labute approximate surface area is 129 Å². The van der Waals surface area contributed by atoms with Gasteiger partial charge in [-0.3, -0.25) is 0 Å². The number of rotatable bonds is 5. The lowest BCUT2D eigenvalue weighted by Crippen LogP contribution is -2.38. The van der Waals surface area contributed by atoms with Crippen LogP contribution in [0.25, 0.3) is 0 Å². The van der Waals surface area contributed by atoms with Gasteiger partial charge in [0.15, 0.2) is 0 Å². The zero-order valence-electron chi connectivity index (χ0n) is 12.4. The van der Waals surface area contributed by atoms with Crippen LogP contribution >= 0.6 is 0 Å². The molecule has 0 saturated heterocycles. The van der Waals surface area contributed by atoms with Gasteiger partial charge in [0.25, 0.3) is 0 Å². The Bertz CT molecular complexity index is 758. The molecule has 1 unspecified atom stereocenters. The van der Waals surface area contributed by atoms with Crippen molar-refractivity contribution in [1.29, 1.82) is 0 Å². The molecule has 2 N–H and O–H groups in total. The van der Waals surface area contributed by atoms with Crippen LogP contribution in [-0.4, -0.2) is 20.1 Å². The molecular weight excluding hydrogens is 305 g/mol. The molecule has 4 nitrogen and oxygen atoms in total. The first-order valence-corrected chi connectivity index (χ1v) is 8.24. The Morgan fingerprint density at radius 3 is 2.41 bits per heavy atom. The topological polar surface area (TPSA) is 66.4 Å². The normalized spacial score (nSPS) is 14.5. The maximum absolute atomic E-state index is 13.2. The van der Waals surface area contributed by atoms with Crippen LogP contribution in [0.5, 0.6) is 0 Å². The molecule has 2 rings (SSSR count). The maximum Gasteiger partial charge on any atom is 0.240 e. The summed E-state index contributed by atoms with van der Waals surface area (Å²) in [7, 11) is -3.82. The largest absolute Gasteiger partial charge is 0.384 e. The van der Waals surface area contributed by atoms with Crippen molar-refractivity contribution in [1.82, 2.24) is 4.72 Å². The second kappa shape index (κ2) is 6.16. The van der Waals surface area contributed by atoms with Gasteiger partial charge in [-0.2, -0.15) is 0 Å². The molecule has 0 aliphatic heterocycles. The third kappa shape index (κ3) is 3.71. The average Bonchev–Trinajstić information content (AvgIpc) is 2.49. The van der Waals surface area contributed by atoms with E-state index in [2.05, 4.69) is 4.72 Å². The molecule has 0 radical (unpaired) electrons. The van der Waals surface area contributed by atoms with Gasteiger partial charge in [0.05, 0.1) is 4.90 Å². The zero-order valence-corrected chi connectivity index (χ0v) is 13.2. The molecule has 0 aliphatic rings. The van der Waals surface area contributed by atoms with Gasteiger partial charge < -0.3 is 5.11 Å². The van der Waals surface area contributed by atoms with Gasteiger partial charge >= 0.3 is 0 Å². The Hall–Kier alpha value is -1.76. The summed E-state index contributed by atoms with van der Waals surface area (Å²) >= 11 is 0. The van der Waals surface area contributed by atoms with Crippen LogP contribution in [-0.2, 0) is 15.6 Å². The number of hydrogen-bond donors (Lipinski definition) is 2. The number of nitrogens with one attached hydrogen (secondary N) is 1. The van der Waals surface area contributed by atoms with Crippen LogP contribution in [0.4, 0.5) is 4.39 Å². The van der Waals surface area contributed by atoms with Crippen molar-refractivity contribution < 1.29 is 17.9 Å². The molecule has 0 saturated carbocycles. The van der Waals surface area contributed by atoms with E-state index in [1.165, 1.54) is 26.0 Å². The molecule has 0 amide bonds. The molecule has 0 bridgehead atoms. The molecule has 0 spiro atoms. The average molecular weight is 323 g/mol. The van der Waals surface area contributed by atoms with Gasteiger partial charge in [-0.1, -0.05) is 30.3 Å². The molecule has 0 heterocycles. The summed E-state index contributed by atoms with van der Waals surface area (Å²) in [5.74, 6) is -0.463. The number of hydrogen-bond acceptors (Lipinski definition) is 3. The predicted molar refractivity (Wildman–Crippen MR) is 82.3 cm³/mol. The van der Waals surface area contributed by atoms with Gasteiger partial charge in [0.1, 0.15) is 11.4 Å². The Balaban J connectivity index is 2.17. The van der Waals surface area contributed by atoms with E-state index in [-0.39, 0.29) is 17.0 Å². The van der Waals surface area contributed by atoms with Crippen LogP contribution < -0.4 is 4.72 Å². The molecular formula is C16H18FNO3S. The first kappa shape index (κ1) is 16.6. The van der Waals surface area contributed by atoms with E-state index in [0.29, 0.717) is 5.56 Å². The maximum atomic E-state index is 13.2. The van der Waals surface area contributed by atoms with Crippen molar-refractivity contribution in [3.05, 3.63) is 65.5 Å². The fraction of sp³-hybridized carbons (Fsp3) is 0.250. The summed E-state index contributed by atoms with van der Waals surface area (Å²) in [6.07, 6.45) is 0. The van der Waals surface area contributed by atoms with Crippen molar-refractivity contribution in [3.8, 4) is 0 Å². The van der Waals surface area contributed by atoms with Gasteiger partial charge in [-0.05, 0) is 43.2 Å². The number of halogens is 1. The van der Waals surface area contributed by atoms with E-state index in [9.17, 15) is 17.9 Å². The standard InChI is InChI=1S/C16H18FNO3S/c1-12-10-14(8-9-15(12)17)22(20,21)18-11-16(2,19)13-6-4-3-5-7-13/h3-10,18-19H,11H2,1-2H3. The fourth-order valence-corrected chi connectivity index (χ4v) is 3.22. The number of aryl methyl sites for hydroxylation is 1. The van der Waals surface area contributed by atoms with Gasteiger partial charge in [0.2, 0.25) is 10.0 Å². The minimum Gasteiger partial charge on any atom is -0.384 e. The quantitative estimate of drug-likeness (QED) is 0.887. The summed E-state index contributed by atoms with van der Waals surface area (Å²) in [5, 5.41) is 10.4. The smallest absolute Gasteiger partial charge is 0.240 e. The molecule has 2 aromatic carbocycles. The van der Waals surface area contributed by atoms with Gasteiger partial charge in [0, 0.05) is 6.54 Å². The van der Waals surface area contributed by atoms with E-state index in [1.54, 1.807) is 24.3 Å². The molecule has 2 aromatic rings. The molecule has 0 fully saturated rings. The molecule has 1 atom stereocenters. The third-order valence-corrected chi connectivity index (χ3v) is 4.84. The van der Waals surface area contributed by atoms with Gasteiger partial charge in [-0.15, -0.1) is 0 Å². The van der Waals surface area contributed by atoms with E-state index in [4.69, 9.17) is 0 Å². The van der Waals surface area contributed by atoms with Crippen molar-refractivity contribution in [2.45, 2.75) is 24.3 Å². The summed E-state index contributed by atoms with van der Waals surface area (Å²) < 4.78 is 40.0. The van der Waals surface area contributed by atoms with E-state index < -0.39 is 21.4 Å². The van der Waals surface area contributed by atoms with Crippen LogP contribution in [0.3, 0.4) is 0 Å². The van der Waals surface area contributed by atoms with Gasteiger partial charge in [-0.25, -0.2) is 17.5 Å². The molecule has 0 aliphatic carbocycles. The monoisotopic (exact) mass is 323 g/mol. The minimum absolute atomic E-state index is 0.0322. The summed E-state index contributed by atoms with van der Waals surface area (Å²) in [6.45, 7) is 2.84. The predicted octanol–water partition coefficient (Wildman–Crippen LogP) is 2.32. The highest BCUT2D eigenvalue weighted by molar-refractivity contribution is 7.89. The summed E-state index contributed by atoms with van der Waals surface area (Å²) in [4.78, 5) is -0.0322. The van der Waals surface area contributed by atoms with E-state index in [0.717, 1.165) is 6.07 Å². The third-order valence-electron chi connectivity index (χ3n) is 3.44. The summed E-state index contributed by atoms with van der Waals surface area (Å²) in [6, 6.07) is 12.3. The lowest BCUT2D eigenvalue weighted by atomic mass is 9.97. The summed E-state index contributed by atoms with van der Waals surface area (Å²) in [5.41, 5.74) is -0.491. The van der Waals surface area contributed by atoms with Crippen LogP contribution in [0, 0.1) is 12.7 Å². The lowest BCUT2D eigenvalue weighted by molar-refractivity contribution is 0.0627. The van der Waals surface area contributed by atoms with Crippen LogP contribution in [0.2, 0.25) is 0 Å². The lowest BCUT2D eigenvalue weighted by Gasteiger charge is -2.24. The van der Waals surface area contributed by atoms with Crippen LogP contribution in [0.15, 0.2) is 53.4 Å². The molecule has 22 heavy (non-hydrogen) atoms. The first-order chi connectivity index (χ1) is 10.2. The number of benzene rings is 2.